The highest BCUT2D eigenvalue weighted by molar-refractivity contribution is 8.13. The molecule has 8 nitrogen and oxygen atoms in total. The fourth-order valence-corrected chi connectivity index (χ4v) is 4.68. The molecule has 31 heavy (non-hydrogen) atoms. The van der Waals surface area contributed by atoms with E-state index in [1.54, 1.807) is 16.9 Å². The van der Waals surface area contributed by atoms with Crippen LogP contribution in [0.1, 0.15) is 18.4 Å². The van der Waals surface area contributed by atoms with E-state index in [1.807, 2.05) is 24.3 Å². The van der Waals surface area contributed by atoms with Crippen LogP contribution in [0.3, 0.4) is 0 Å². The number of halogens is 1. The Morgan fingerprint density at radius 3 is 2.61 bits per heavy atom. The van der Waals surface area contributed by atoms with Gasteiger partial charge in [-0.2, -0.15) is 0 Å². The molecular weight excluding hydrogens is 448 g/mol. The minimum atomic E-state index is -2.68. The van der Waals surface area contributed by atoms with Gasteiger partial charge >= 0.3 is 0 Å². The predicted molar refractivity (Wildman–Crippen MR) is 118 cm³/mol. The molecule has 5 N–H and O–H groups in total. The first-order chi connectivity index (χ1) is 14.8. The quantitative estimate of drug-likeness (QED) is 0.252. The van der Waals surface area contributed by atoms with Crippen LogP contribution in [-0.2, 0) is 15.3 Å². The van der Waals surface area contributed by atoms with Gasteiger partial charge in [-0.3, -0.25) is 4.18 Å². The van der Waals surface area contributed by atoms with Gasteiger partial charge in [0.2, 0.25) is 0 Å². The molecule has 10 heteroatoms. The van der Waals surface area contributed by atoms with Crippen LogP contribution >= 0.6 is 22.4 Å². The minimum Gasteiger partial charge on any atom is -0.488 e. The van der Waals surface area contributed by atoms with Crippen molar-refractivity contribution in [2.24, 2.45) is 0 Å². The van der Waals surface area contributed by atoms with Gasteiger partial charge in [-0.15, -0.1) is 0 Å². The van der Waals surface area contributed by atoms with Crippen LogP contribution in [0.4, 0.5) is 0 Å². The lowest BCUT2D eigenvalue weighted by atomic mass is 10.1. The van der Waals surface area contributed by atoms with Crippen LogP contribution in [0.15, 0.2) is 46.4 Å². The van der Waals surface area contributed by atoms with E-state index in [2.05, 4.69) is 0 Å². The third kappa shape index (κ3) is 6.85. The molecule has 0 aliphatic carbocycles. The van der Waals surface area contributed by atoms with Crippen molar-refractivity contribution in [3.8, 4) is 5.75 Å². The van der Waals surface area contributed by atoms with Crippen LogP contribution in [-0.4, -0.2) is 75.0 Å². The first-order valence-electron chi connectivity index (χ1n) is 9.84. The Balaban J connectivity index is 1.61. The summed E-state index contributed by atoms with van der Waals surface area (Å²) in [5.74, 6) is -1.91. The molecule has 0 radical (unpaired) electrons. The Bertz CT molecular complexity index is 830. The van der Waals surface area contributed by atoms with E-state index in [0.717, 1.165) is 23.3 Å². The van der Waals surface area contributed by atoms with E-state index in [-0.39, 0.29) is 6.10 Å². The molecule has 2 aliphatic rings. The van der Waals surface area contributed by atoms with Crippen molar-refractivity contribution in [1.82, 2.24) is 0 Å². The van der Waals surface area contributed by atoms with Gasteiger partial charge in [0.1, 0.15) is 11.9 Å². The fourth-order valence-electron chi connectivity index (χ4n) is 3.07. The topological polar surface area (TPSA) is 129 Å². The fraction of sp³-hybridized carbons (Fsp3) is 0.476. The molecule has 172 valence electrons. The van der Waals surface area contributed by atoms with Crippen molar-refractivity contribution >= 4 is 27.7 Å². The molecule has 2 aliphatic heterocycles. The SMILES string of the molecule is OCCC(O)(O)[C@H](O)[C@@H](O)OS1=CC=C(Cl)C(Cc2ccc(O[C@H]3CCOC3)cc2)=C1. The van der Waals surface area contributed by atoms with Gasteiger partial charge in [0, 0.05) is 24.5 Å². The largest absolute Gasteiger partial charge is 0.488 e. The van der Waals surface area contributed by atoms with E-state index < -0.39 is 42.0 Å². The maximum atomic E-state index is 10.0. The van der Waals surface area contributed by atoms with Gasteiger partial charge in [0.05, 0.1) is 13.2 Å². The Kier molecular flexibility index (Phi) is 8.68. The summed E-state index contributed by atoms with van der Waals surface area (Å²) >= 11 is 6.31. The van der Waals surface area contributed by atoms with Crippen molar-refractivity contribution in [2.75, 3.05) is 19.8 Å². The molecule has 0 amide bonds. The summed E-state index contributed by atoms with van der Waals surface area (Å²) in [6.07, 6.45) is -1.33. The van der Waals surface area contributed by atoms with Gasteiger partial charge < -0.3 is 35.0 Å². The van der Waals surface area contributed by atoms with Crippen molar-refractivity contribution in [3.05, 3.63) is 51.9 Å². The second kappa shape index (κ2) is 11.0. The molecule has 1 aromatic rings. The summed E-state index contributed by atoms with van der Waals surface area (Å²) in [6, 6.07) is 7.65. The Labute approximate surface area is 188 Å². The molecule has 1 aromatic carbocycles. The van der Waals surface area contributed by atoms with Gasteiger partial charge in [-0.1, -0.05) is 23.7 Å². The Morgan fingerprint density at radius 1 is 1.23 bits per heavy atom. The summed E-state index contributed by atoms with van der Waals surface area (Å²) in [5, 5.41) is 52.0. The number of allylic oxidation sites excluding steroid dienone is 3. The number of hydrogen-bond acceptors (Lipinski definition) is 8. The summed E-state index contributed by atoms with van der Waals surface area (Å²) in [4.78, 5) is 0. The maximum Gasteiger partial charge on any atom is 0.199 e. The monoisotopic (exact) mass is 474 g/mol. The van der Waals surface area contributed by atoms with Crippen molar-refractivity contribution < 1.29 is 39.2 Å². The third-order valence-electron chi connectivity index (χ3n) is 4.86. The molecule has 1 fully saturated rings. The zero-order chi connectivity index (χ0) is 22.4. The van der Waals surface area contributed by atoms with Crippen LogP contribution in [0.2, 0.25) is 0 Å². The van der Waals surface area contributed by atoms with Crippen LogP contribution in [0.25, 0.3) is 0 Å². The highest BCUT2D eigenvalue weighted by Gasteiger charge is 2.39. The average Bonchev–Trinajstić information content (AvgIpc) is 3.24. The van der Waals surface area contributed by atoms with Gasteiger partial charge in [-0.25, -0.2) is 0 Å². The van der Waals surface area contributed by atoms with E-state index >= 15 is 0 Å². The van der Waals surface area contributed by atoms with Gasteiger partial charge in [0.15, 0.2) is 18.2 Å². The van der Waals surface area contributed by atoms with Crippen LogP contribution in [0.5, 0.6) is 5.75 Å². The average molecular weight is 475 g/mol. The highest BCUT2D eigenvalue weighted by Crippen LogP contribution is 2.33. The number of ether oxygens (including phenoxy) is 2. The van der Waals surface area contributed by atoms with E-state index in [0.29, 0.717) is 24.7 Å². The molecular formula is C21H27ClO8S. The number of aliphatic hydroxyl groups is 5. The molecule has 3 rings (SSSR count). The Morgan fingerprint density at radius 2 is 1.97 bits per heavy atom. The van der Waals surface area contributed by atoms with Gasteiger partial charge in [-0.05, 0) is 57.3 Å². The molecule has 1 saturated heterocycles. The first kappa shape index (κ1) is 24.4. The zero-order valence-corrected chi connectivity index (χ0v) is 18.3. The summed E-state index contributed by atoms with van der Waals surface area (Å²) in [6.45, 7) is 0.741. The molecule has 4 atom stereocenters. The lowest BCUT2D eigenvalue weighted by Gasteiger charge is -2.30. The number of benzene rings is 1. The molecule has 0 saturated carbocycles. The molecule has 2 heterocycles. The van der Waals surface area contributed by atoms with Crippen molar-refractivity contribution in [2.45, 2.75) is 43.5 Å². The van der Waals surface area contributed by atoms with E-state index in [9.17, 15) is 20.4 Å². The van der Waals surface area contributed by atoms with Gasteiger partial charge in [0.25, 0.3) is 0 Å². The van der Waals surface area contributed by atoms with Crippen LogP contribution in [0, 0.1) is 0 Å². The highest BCUT2D eigenvalue weighted by atomic mass is 35.5. The summed E-state index contributed by atoms with van der Waals surface area (Å²) < 4.78 is 16.5. The normalized spacial score (nSPS) is 23.5. The lowest BCUT2D eigenvalue weighted by Crippen LogP contribution is -2.50. The minimum absolute atomic E-state index is 0.0784. The molecule has 0 aromatic heterocycles. The summed E-state index contributed by atoms with van der Waals surface area (Å²) in [5.41, 5.74) is 1.76. The lowest BCUT2D eigenvalue weighted by molar-refractivity contribution is -0.275. The summed E-state index contributed by atoms with van der Waals surface area (Å²) in [7, 11) is -1.05. The van der Waals surface area contributed by atoms with Crippen molar-refractivity contribution in [1.29, 1.82) is 0 Å². The molecule has 0 spiro atoms. The predicted octanol–water partition coefficient (Wildman–Crippen LogP) is 1.16. The number of rotatable bonds is 10. The van der Waals surface area contributed by atoms with Crippen molar-refractivity contribution in [3.63, 3.8) is 0 Å². The zero-order valence-electron chi connectivity index (χ0n) is 16.8. The van der Waals surface area contributed by atoms with E-state index in [1.165, 1.54) is 0 Å². The molecule has 0 bridgehead atoms. The van der Waals surface area contributed by atoms with Crippen LogP contribution < -0.4 is 4.74 Å². The van der Waals surface area contributed by atoms with E-state index in [4.69, 9.17) is 30.4 Å². The standard InChI is InChI=1S/C21H27ClO8S/c22-18-6-10-31(30-20(25)19(24)21(26,27)7-8-23)13-15(18)11-14-1-3-16(4-2-14)29-17-5-9-28-12-17/h1-4,6,10,13,17,19-20,23-27H,5,7-9,11-12H2/t17-,19+,20-,31?/m0/s1. The third-order valence-corrected chi connectivity index (χ3v) is 6.56. The Hall–Kier alpha value is -1.27. The second-order valence-corrected chi connectivity index (χ2v) is 9.09. The molecule has 1 unspecified atom stereocenters. The maximum absolute atomic E-state index is 10.0. The smallest absolute Gasteiger partial charge is 0.199 e. The second-order valence-electron chi connectivity index (χ2n) is 7.33. The number of aliphatic hydroxyl groups excluding tert-OH is 3. The first-order valence-corrected chi connectivity index (χ1v) is 11.5. The number of hydrogen-bond donors (Lipinski definition) is 5.